The van der Waals surface area contributed by atoms with Crippen molar-refractivity contribution in [1.29, 1.82) is 0 Å². The Morgan fingerprint density at radius 2 is 1.92 bits per heavy atom. The molecule has 1 fully saturated rings. The third-order valence-corrected chi connectivity index (χ3v) is 4.76. The number of nitrogens with two attached hydrogens (primary N) is 1. The molecule has 0 bridgehead atoms. The van der Waals surface area contributed by atoms with Crippen LogP contribution in [0.25, 0.3) is 0 Å². The summed E-state index contributed by atoms with van der Waals surface area (Å²) >= 11 is 0. The van der Waals surface area contributed by atoms with E-state index in [-0.39, 0.29) is 12.5 Å². The smallest absolute Gasteiger partial charge is 0.257 e. The number of anilines is 2. The van der Waals surface area contributed by atoms with Gasteiger partial charge in [0.1, 0.15) is 0 Å². The number of nitrogens with zero attached hydrogens (tertiary/aromatic N) is 1. The number of likely N-dealkylation sites (tertiary alicyclic amines) is 1. The number of benzene rings is 2. The number of aliphatic hydroxyl groups excluding tert-OH is 1. The predicted molar refractivity (Wildman–Crippen MR) is 100 cm³/mol. The van der Waals surface area contributed by atoms with Crippen LogP contribution in [-0.4, -0.2) is 35.6 Å². The normalized spacial score (nSPS) is 15.9. The second kappa shape index (κ2) is 8.14. The number of carbonyl (C=O) groups is 1. The van der Waals surface area contributed by atoms with Crippen molar-refractivity contribution in [2.24, 2.45) is 5.92 Å². The summed E-state index contributed by atoms with van der Waals surface area (Å²) in [5, 5.41) is 12.2. The summed E-state index contributed by atoms with van der Waals surface area (Å²) < 4.78 is 0. The highest BCUT2D eigenvalue weighted by Crippen LogP contribution is 2.20. The van der Waals surface area contributed by atoms with Crippen molar-refractivity contribution in [1.82, 2.24) is 4.90 Å². The van der Waals surface area contributed by atoms with Crippen LogP contribution in [0.5, 0.6) is 0 Å². The van der Waals surface area contributed by atoms with E-state index in [1.54, 1.807) is 18.2 Å². The Balaban J connectivity index is 1.62. The van der Waals surface area contributed by atoms with Gasteiger partial charge in [-0.05, 0) is 61.7 Å². The van der Waals surface area contributed by atoms with E-state index in [1.807, 2.05) is 24.3 Å². The molecule has 1 aliphatic rings. The van der Waals surface area contributed by atoms with Gasteiger partial charge in [-0.2, -0.15) is 0 Å². The minimum absolute atomic E-state index is 0.195. The Bertz CT molecular complexity index is 724. The quantitative estimate of drug-likeness (QED) is 0.732. The van der Waals surface area contributed by atoms with Crippen molar-refractivity contribution in [2.75, 3.05) is 30.7 Å². The molecule has 0 aromatic heterocycles. The fourth-order valence-electron chi connectivity index (χ4n) is 3.23. The molecule has 0 aliphatic carbocycles. The highest BCUT2D eigenvalue weighted by molar-refractivity contribution is 6.07. The van der Waals surface area contributed by atoms with Crippen LogP contribution in [0, 0.1) is 5.92 Å². The lowest BCUT2D eigenvalue weighted by Gasteiger charge is -2.31. The van der Waals surface area contributed by atoms with Crippen molar-refractivity contribution in [2.45, 2.75) is 19.4 Å². The molecule has 2 aromatic carbocycles. The van der Waals surface area contributed by atoms with Gasteiger partial charge in [0.2, 0.25) is 0 Å². The average molecular weight is 339 g/mol. The highest BCUT2D eigenvalue weighted by Gasteiger charge is 2.18. The van der Waals surface area contributed by atoms with Crippen molar-refractivity contribution >= 4 is 17.3 Å². The first kappa shape index (κ1) is 17.5. The molecule has 0 radical (unpaired) electrons. The fourth-order valence-corrected chi connectivity index (χ4v) is 3.23. The van der Waals surface area contributed by atoms with E-state index in [4.69, 9.17) is 5.73 Å². The van der Waals surface area contributed by atoms with Crippen LogP contribution < -0.4 is 11.1 Å². The largest absolute Gasteiger partial charge is 0.398 e. The monoisotopic (exact) mass is 339 g/mol. The fraction of sp³-hybridized carbons (Fsp3) is 0.350. The Hall–Kier alpha value is -2.37. The topological polar surface area (TPSA) is 78.6 Å². The molecule has 25 heavy (non-hydrogen) atoms. The van der Waals surface area contributed by atoms with E-state index in [0.717, 1.165) is 38.2 Å². The van der Waals surface area contributed by atoms with Crippen LogP contribution in [0.4, 0.5) is 11.4 Å². The number of nitrogen functional groups attached to an aromatic ring is 1. The van der Waals surface area contributed by atoms with Crippen LogP contribution in [0.1, 0.15) is 28.8 Å². The lowest BCUT2D eigenvalue weighted by Crippen LogP contribution is -2.34. The van der Waals surface area contributed by atoms with E-state index in [1.165, 1.54) is 5.56 Å². The Kier molecular flexibility index (Phi) is 5.68. The van der Waals surface area contributed by atoms with Crippen molar-refractivity contribution < 1.29 is 9.90 Å². The second-order valence-corrected chi connectivity index (χ2v) is 6.64. The average Bonchev–Trinajstić information content (AvgIpc) is 2.63. The summed E-state index contributed by atoms with van der Waals surface area (Å²) in [5.41, 5.74) is 8.77. The standard InChI is InChI=1S/C20H25N3O2/c21-19-7-2-1-6-18(19)20(25)22-17-5-3-4-16(12-17)13-23-10-8-15(14-24)9-11-23/h1-7,12,15,24H,8-11,13-14,21H2,(H,22,25). The van der Waals surface area contributed by atoms with Gasteiger partial charge >= 0.3 is 0 Å². The van der Waals surface area contributed by atoms with E-state index in [2.05, 4.69) is 16.3 Å². The van der Waals surface area contributed by atoms with Crippen LogP contribution in [-0.2, 0) is 6.54 Å². The number of hydrogen-bond acceptors (Lipinski definition) is 4. The maximum absolute atomic E-state index is 12.4. The van der Waals surface area contributed by atoms with Gasteiger partial charge in [-0.15, -0.1) is 0 Å². The van der Waals surface area contributed by atoms with Crippen LogP contribution in [0.15, 0.2) is 48.5 Å². The van der Waals surface area contributed by atoms with Gasteiger partial charge in [-0.25, -0.2) is 0 Å². The van der Waals surface area contributed by atoms with Gasteiger partial charge in [0.15, 0.2) is 0 Å². The zero-order chi connectivity index (χ0) is 17.6. The Labute approximate surface area is 148 Å². The van der Waals surface area contributed by atoms with Gasteiger partial charge in [0.25, 0.3) is 5.91 Å². The summed E-state index contributed by atoms with van der Waals surface area (Å²) in [6, 6.07) is 15.0. The summed E-state index contributed by atoms with van der Waals surface area (Å²) in [6.45, 7) is 3.15. The minimum atomic E-state index is -0.195. The molecule has 4 N–H and O–H groups in total. The first-order valence-electron chi connectivity index (χ1n) is 8.73. The molecule has 2 aromatic rings. The van der Waals surface area contributed by atoms with Crippen molar-refractivity contribution in [3.8, 4) is 0 Å². The predicted octanol–water partition coefficient (Wildman–Crippen LogP) is 2.73. The number of hydrogen-bond donors (Lipinski definition) is 3. The molecule has 0 atom stereocenters. The van der Waals surface area contributed by atoms with E-state index < -0.39 is 0 Å². The molecule has 1 aliphatic heterocycles. The molecule has 0 saturated carbocycles. The number of carbonyl (C=O) groups excluding carboxylic acids is 1. The summed E-state index contributed by atoms with van der Waals surface area (Å²) in [4.78, 5) is 14.8. The third kappa shape index (κ3) is 4.59. The zero-order valence-corrected chi connectivity index (χ0v) is 14.3. The van der Waals surface area contributed by atoms with Gasteiger partial charge in [0, 0.05) is 24.5 Å². The van der Waals surface area contributed by atoms with Gasteiger partial charge in [-0.1, -0.05) is 24.3 Å². The maximum atomic E-state index is 12.4. The van der Waals surface area contributed by atoms with Crippen molar-refractivity contribution in [3.05, 3.63) is 59.7 Å². The van der Waals surface area contributed by atoms with Crippen LogP contribution in [0.3, 0.4) is 0 Å². The Morgan fingerprint density at radius 3 is 2.64 bits per heavy atom. The SMILES string of the molecule is Nc1ccccc1C(=O)Nc1cccc(CN2CCC(CO)CC2)c1. The molecule has 132 valence electrons. The number of nitrogens with one attached hydrogen (secondary N) is 1. The van der Waals surface area contributed by atoms with Crippen LogP contribution in [0.2, 0.25) is 0 Å². The first-order valence-corrected chi connectivity index (χ1v) is 8.73. The van der Waals surface area contributed by atoms with E-state index in [9.17, 15) is 9.90 Å². The molecule has 0 spiro atoms. The lowest BCUT2D eigenvalue weighted by molar-refractivity contribution is 0.102. The molecule has 5 nitrogen and oxygen atoms in total. The lowest BCUT2D eigenvalue weighted by atomic mass is 9.97. The maximum Gasteiger partial charge on any atom is 0.257 e. The summed E-state index contributed by atoms with van der Waals surface area (Å²) in [5.74, 6) is 0.247. The highest BCUT2D eigenvalue weighted by atomic mass is 16.3. The summed E-state index contributed by atoms with van der Waals surface area (Å²) in [6.07, 6.45) is 2.08. The molecule has 3 rings (SSSR count). The first-order chi connectivity index (χ1) is 12.2. The molecule has 0 unspecified atom stereocenters. The van der Waals surface area contributed by atoms with E-state index in [0.29, 0.717) is 17.2 Å². The summed E-state index contributed by atoms with van der Waals surface area (Å²) in [7, 11) is 0. The number of aliphatic hydroxyl groups is 1. The number of piperidine rings is 1. The third-order valence-electron chi connectivity index (χ3n) is 4.76. The van der Waals surface area contributed by atoms with Gasteiger partial charge in [0.05, 0.1) is 5.56 Å². The number of amides is 1. The zero-order valence-electron chi connectivity index (χ0n) is 14.3. The van der Waals surface area contributed by atoms with E-state index >= 15 is 0 Å². The Morgan fingerprint density at radius 1 is 1.16 bits per heavy atom. The van der Waals surface area contributed by atoms with Crippen molar-refractivity contribution in [3.63, 3.8) is 0 Å². The second-order valence-electron chi connectivity index (χ2n) is 6.64. The van der Waals surface area contributed by atoms with Gasteiger partial charge < -0.3 is 16.2 Å². The molecular formula is C20H25N3O2. The molecule has 1 amide bonds. The van der Waals surface area contributed by atoms with Gasteiger partial charge in [-0.3, -0.25) is 9.69 Å². The van der Waals surface area contributed by atoms with Crippen LogP contribution >= 0.6 is 0 Å². The minimum Gasteiger partial charge on any atom is -0.398 e. The number of para-hydroxylation sites is 1. The number of rotatable bonds is 5. The molecule has 1 heterocycles. The molecule has 5 heteroatoms. The molecular weight excluding hydrogens is 314 g/mol. The molecule has 1 saturated heterocycles.